The summed E-state index contributed by atoms with van der Waals surface area (Å²) in [6.07, 6.45) is 81.1. The predicted molar refractivity (Wildman–Crippen MR) is 336 cm³/mol. The van der Waals surface area contributed by atoms with E-state index < -0.39 is 49.5 Å². The van der Waals surface area contributed by atoms with Gasteiger partial charge in [0.05, 0.1) is 25.4 Å². The third kappa shape index (κ3) is 46.6. The average molecular weight is 1100 g/mol. The van der Waals surface area contributed by atoms with Crippen molar-refractivity contribution in [3.63, 3.8) is 0 Å². The van der Waals surface area contributed by atoms with Crippen LogP contribution in [0.25, 0.3) is 0 Å². The highest BCUT2D eigenvalue weighted by Crippen LogP contribution is 2.23. The third-order valence-corrected chi connectivity index (χ3v) is 14.2. The number of carbonyl (C=O) groups is 1. The molecule has 1 aliphatic heterocycles. The number of hydrogen-bond donors (Lipinski definition) is 6. The number of ether oxygens (including phenoxy) is 2. The van der Waals surface area contributed by atoms with Crippen LogP contribution in [0.15, 0.2) is 134 Å². The van der Waals surface area contributed by atoms with E-state index in [2.05, 4.69) is 141 Å². The maximum Gasteiger partial charge on any atom is 0.220 e. The number of aliphatic hydroxyl groups is 5. The Morgan fingerprint density at radius 2 is 0.797 bits per heavy atom. The molecule has 1 amide bonds. The van der Waals surface area contributed by atoms with Crippen LogP contribution < -0.4 is 5.32 Å². The Bertz CT molecular complexity index is 1700. The lowest BCUT2D eigenvalue weighted by molar-refractivity contribution is -0.302. The van der Waals surface area contributed by atoms with Crippen LogP contribution in [0, 0.1) is 0 Å². The molecule has 1 heterocycles. The summed E-state index contributed by atoms with van der Waals surface area (Å²) in [7, 11) is 0. The highest BCUT2D eigenvalue weighted by molar-refractivity contribution is 5.76. The van der Waals surface area contributed by atoms with E-state index in [9.17, 15) is 30.3 Å². The molecule has 9 nitrogen and oxygen atoms in total. The van der Waals surface area contributed by atoms with Gasteiger partial charge >= 0.3 is 0 Å². The number of rotatable bonds is 53. The van der Waals surface area contributed by atoms with Crippen LogP contribution in [-0.2, 0) is 14.3 Å². The van der Waals surface area contributed by atoms with Gasteiger partial charge in [0.15, 0.2) is 6.29 Å². The smallest absolute Gasteiger partial charge is 0.220 e. The molecule has 6 N–H and O–H groups in total. The first-order valence-electron chi connectivity index (χ1n) is 31.9. The van der Waals surface area contributed by atoms with Gasteiger partial charge in [-0.25, -0.2) is 0 Å². The van der Waals surface area contributed by atoms with Crippen LogP contribution in [0.1, 0.15) is 245 Å². The summed E-state index contributed by atoms with van der Waals surface area (Å²) < 4.78 is 11.3. The van der Waals surface area contributed by atoms with Gasteiger partial charge in [0.1, 0.15) is 24.4 Å². The maximum absolute atomic E-state index is 13.1. The summed E-state index contributed by atoms with van der Waals surface area (Å²) in [6.45, 7) is 3.62. The first-order valence-corrected chi connectivity index (χ1v) is 31.9. The van der Waals surface area contributed by atoms with Gasteiger partial charge in [0, 0.05) is 6.42 Å². The van der Waals surface area contributed by atoms with E-state index in [0.717, 1.165) is 89.9 Å². The molecule has 0 saturated carbocycles. The molecule has 1 fully saturated rings. The zero-order valence-corrected chi connectivity index (χ0v) is 50.1. The van der Waals surface area contributed by atoms with Crippen LogP contribution in [0.3, 0.4) is 0 Å². The van der Waals surface area contributed by atoms with Gasteiger partial charge in [-0.05, 0) is 109 Å². The Morgan fingerprint density at radius 3 is 1.22 bits per heavy atom. The fourth-order valence-corrected chi connectivity index (χ4v) is 9.20. The van der Waals surface area contributed by atoms with Crippen molar-refractivity contribution in [2.45, 2.75) is 288 Å². The van der Waals surface area contributed by atoms with Gasteiger partial charge in [0.2, 0.25) is 5.91 Å². The molecule has 79 heavy (non-hydrogen) atoms. The molecule has 7 atom stereocenters. The van der Waals surface area contributed by atoms with Crippen LogP contribution in [0.2, 0.25) is 0 Å². The minimum absolute atomic E-state index is 0.233. The number of hydrogen-bond acceptors (Lipinski definition) is 8. The topological polar surface area (TPSA) is 149 Å². The SMILES string of the molecule is CC/C=C\C/C=C\C/C=C\C/C=C\C/C=C\C/C=C\C/C=C\C/C=C\CCCCC(=O)NC(COC1OC(CO)C(O)C(O)C1O)C(O)/C=C/CC/C=C/CC/C=C/CCCCCCCCCCCCCCCCCCCCC. The van der Waals surface area contributed by atoms with E-state index in [1.165, 1.54) is 122 Å². The molecule has 0 bridgehead atoms. The molecular formula is C70H117NO8. The highest BCUT2D eigenvalue weighted by Gasteiger charge is 2.44. The second-order valence-corrected chi connectivity index (χ2v) is 21.4. The van der Waals surface area contributed by atoms with Crippen molar-refractivity contribution >= 4 is 5.91 Å². The van der Waals surface area contributed by atoms with E-state index in [0.29, 0.717) is 12.8 Å². The Labute approximate surface area is 483 Å². The molecule has 1 aliphatic rings. The van der Waals surface area contributed by atoms with E-state index in [1.54, 1.807) is 6.08 Å². The summed E-state index contributed by atoms with van der Waals surface area (Å²) in [5, 5.41) is 54.6. The number of allylic oxidation sites excluding steroid dienone is 21. The average Bonchev–Trinajstić information content (AvgIpc) is 3.47. The Balaban J connectivity index is 2.28. The number of amides is 1. The maximum atomic E-state index is 13.1. The summed E-state index contributed by atoms with van der Waals surface area (Å²) in [5.41, 5.74) is 0. The quantitative estimate of drug-likeness (QED) is 0.0261. The molecule has 0 aromatic heterocycles. The lowest BCUT2D eigenvalue weighted by Gasteiger charge is -2.40. The second kappa shape index (κ2) is 57.6. The fourth-order valence-electron chi connectivity index (χ4n) is 9.20. The summed E-state index contributed by atoms with van der Waals surface area (Å²) in [5.74, 6) is -0.237. The van der Waals surface area contributed by atoms with E-state index in [-0.39, 0.29) is 18.9 Å². The van der Waals surface area contributed by atoms with Gasteiger partial charge in [0.25, 0.3) is 0 Å². The number of aliphatic hydroxyl groups excluding tert-OH is 5. The molecule has 0 radical (unpaired) electrons. The molecule has 0 aliphatic carbocycles. The molecule has 0 aromatic carbocycles. The number of nitrogens with one attached hydrogen (secondary N) is 1. The van der Waals surface area contributed by atoms with Crippen LogP contribution >= 0.6 is 0 Å². The van der Waals surface area contributed by atoms with Crippen molar-refractivity contribution in [1.82, 2.24) is 5.32 Å². The normalized spacial score (nSPS) is 19.5. The lowest BCUT2D eigenvalue weighted by Crippen LogP contribution is -2.60. The predicted octanol–water partition coefficient (Wildman–Crippen LogP) is 16.9. The zero-order chi connectivity index (χ0) is 57.2. The van der Waals surface area contributed by atoms with Crippen LogP contribution in [0.5, 0.6) is 0 Å². The molecule has 1 rings (SSSR count). The third-order valence-electron chi connectivity index (χ3n) is 14.2. The minimum atomic E-state index is -1.59. The van der Waals surface area contributed by atoms with Gasteiger partial charge in [-0.15, -0.1) is 0 Å². The summed E-state index contributed by atoms with van der Waals surface area (Å²) in [6, 6.07) is -0.864. The van der Waals surface area contributed by atoms with Crippen molar-refractivity contribution in [3.05, 3.63) is 134 Å². The first-order chi connectivity index (χ1) is 38.8. The molecule has 7 unspecified atom stereocenters. The first kappa shape index (κ1) is 73.3. The van der Waals surface area contributed by atoms with Gasteiger partial charge in [-0.3, -0.25) is 4.79 Å². The van der Waals surface area contributed by atoms with Gasteiger partial charge in [-0.1, -0.05) is 263 Å². The van der Waals surface area contributed by atoms with E-state index in [1.807, 2.05) is 6.08 Å². The second-order valence-electron chi connectivity index (χ2n) is 21.4. The Kier molecular flexibility index (Phi) is 53.4. The summed E-state index contributed by atoms with van der Waals surface area (Å²) in [4.78, 5) is 13.1. The van der Waals surface area contributed by atoms with Gasteiger partial charge in [-0.2, -0.15) is 0 Å². The monoisotopic (exact) mass is 1100 g/mol. The standard InChI is InChI=1S/C70H117NO8/c1-3-5-7-9-11-13-15-17-19-21-23-25-27-29-31-32-34-35-37-39-41-43-45-47-49-51-53-55-57-59-64(73)63(62-78-70-69(77)68(76)67(75)65(61-72)79-70)71-66(74)60-58-56-54-52-50-48-46-44-42-40-38-36-33-30-28-26-24-22-20-18-16-14-12-10-8-6-4-2/h6,8,12,14,18,20,24,26,30,33,38,40-41,43-44,46,49-52,57,59,63-65,67-70,72-73,75-77H,3-5,7,9-11,13,15-17,19,21-23,25,27-29,31-32,34-37,39,42,45,47-48,53-56,58,60-62H2,1-2H3,(H,71,74)/b8-6-,14-12-,20-18-,26-24-,33-30-,40-38-,43-41+,46-44-,51-49+,52-50-,59-57+. The highest BCUT2D eigenvalue weighted by atomic mass is 16.7. The molecule has 9 heteroatoms. The van der Waals surface area contributed by atoms with Crippen molar-refractivity contribution in [1.29, 1.82) is 0 Å². The van der Waals surface area contributed by atoms with E-state index >= 15 is 0 Å². The van der Waals surface area contributed by atoms with Crippen molar-refractivity contribution < 1.29 is 39.8 Å². The molecular weight excluding hydrogens is 983 g/mol. The largest absolute Gasteiger partial charge is 0.394 e. The fraction of sp³-hybridized carbons (Fsp3) is 0.671. The van der Waals surface area contributed by atoms with E-state index in [4.69, 9.17) is 9.47 Å². The Morgan fingerprint density at radius 1 is 0.443 bits per heavy atom. The summed E-state index contributed by atoms with van der Waals surface area (Å²) >= 11 is 0. The van der Waals surface area contributed by atoms with Crippen molar-refractivity contribution in [2.75, 3.05) is 13.2 Å². The van der Waals surface area contributed by atoms with Crippen LogP contribution in [-0.4, -0.2) is 87.5 Å². The van der Waals surface area contributed by atoms with Gasteiger partial charge < -0.3 is 40.3 Å². The molecule has 0 spiro atoms. The molecule has 450 valence electrons. The minimum Gasteiger partial charge on any atom is -0.394 e. The molecule has 1 saturated heterocycles. The Hall–Kier alpha value is -3.67. The number of carbonyl (C=O) groups excluding carboxylic acids is 1. The molecule has 0 aromatic rings. The zero-order valence-electron chi connectivity index (χ0n) is 50.1. The lowest BCUT2D eigenvalue weighted by atomic mass is 9.99. The van der Waals surface area contributed by atoms with Crippen molar-refractivity contribution in [2.24, 2.45) is 0 Å². The van der Waals surface area contributed by atoms with Crippen LogP contribution in [0.4, 0.5) is 0 Å². The number of unbranched alkanes of at least 4 members (excludes halogenated alkanes) is 23. The van der Waals surface area contributed by atoms with Crippen molar-refractivity contribution in [3.8, 4) is 0 Å².